The molecule has 2 aromatic rings. The van der Waals surface area contributed by atoms with Gasteiger partial charge in [0, 0.05) is 11.8 Å². The van der Waals surface area contributed by atoms with Crippen LogP contribution in [-0.2, 0) is 19.1 Å². The van der Waals surface area contributed by atoms with E-state index in [0.29, 0.717) is 27.8 Å². The van der Waals surface area contributed by atoms with Gasteiger partial charge in [0.1, 0.15) is 0 Å². The quantitative estimate of drug-likeness (QED) is 0.425. The lowest BCUT2D eigenvalue weighted by Crippen LogP contribution is -2.35. The smallest absolute Gasteiger partial charge is 0.331 e. The van der Waals surface area contributed by atoms with Crippen LogP contribution in [-0.4, -0.2) is 45.2 Å². The van der Waals surface area contributed by atoms with E-state index in [1.165, 1.54) is 20.3 Å². The number of anilines is 1. The maximum Gasteiger partial charge on any atom is 0.331 e. The van der Waals surface area contributed by atoms with E-state index in [9.17, 15) is 14.4 Å². The zero-order chi connectivity index (χ0) is 24.5. The van der Waals surface area contributed by atoms with E-state index in [0.717, 1.165) is 22.8 Å². The first-order valence-electron chi connectivity index (χ1n) is 10.0. The second-order valence-electron chi connectivity index (χ2n) is 7.28. The number of rotatable bonds is 9. The highest BCUT2D eigenvalue weighted by Gasteiger charge is 2.12. The Bertz CT molecular complexity index is 1060. The molecule has 2 rings (SSSR count). The summed E-state index contributed by atoms with van der Waals surface area (Å²) in [4.78, 5) is 36.0. The summed E-state index contributed by atoms with van der Waals surface area (Å²) in [6.45, 7) is 5.01. The second kappa shape index (κ2) is 11.9. The van der Waals surface area contributed by atoms with Crippen molar-refractivity contribution in [3.8, 4) is 11.5 Å². The van der Waals surface area contributed by atoms with Crippen molar-refractivity contribution in [1.82, 2.24) is 5.32 Å². The van der Waals surface area contributed by atoms with Gasteiger partial charge in [-0.3, -0.25) is 9.59 Å². The van der Waals surface area contributed by atoms with Gasteiger partial charge in [-0.15, -0.1) is 0 Å². The topological polar surface area (TPSA) is 103 Å². The summed E-state index contributed by atoms with van der Waals surface area (Å²) in [5, 5.41) is 5.52. The first kappa shape index (κ1) is 25.7. The van der Waals surface area contributed by atoms with Gasteiger partial charge in [0.05, 0.1) is 25.8 Å². The highest BCUT2D eigenvalue weighted by Crippen LogP contribution is 2.36. The van der Waals surface area contributed by atoms with E-state index in [4.69, 9.17) is 25.8 Å². The van der Waals surface area contributed by atoms with Crippen molar-refractivity contribution in [1.29, 1.82) is 0 Å². The van der Waals surface area contributed by atoms with Crippen LogP contribution in [0.5, 0.6) is 11.5 Å². The molecule has 0 saturated heterocycles. The summed E-state index contributed by atoms with van der Waals surface area (Å²) >= 11 is 6.13. The molecule has 0 aromatic heterocycles. The molecule has 8 nitrogen and oxygen atoms in total. The molecule has 0 unspecified atom stereocenters. The molecule has 0 spiro atoms. The van der Waals surface area contributed by atoms with Crippen molar-refractivity contribution in [3.63, 3.8) is 0 Å². The van der Waals surface area contributed by atoms with Gasteiger partial charge in [-0.25, -0.2) is 4.79 Å². The summed E-state index contributed by atoms with van der Waals surface area (Å²) in [7, 11) is 2.94. The van der Waals surface area contributed by atoms with Crippen molar-refractivity contribution in [2.24, 2.45) is 0 Å². The molecule has 0 aliphatic carbocycles. The molecule has 0 radical (unpaired) electrons. The van der Waals surface area contributed by atoms with Gasteiger partial charge >= 0.3 is 5.97 Å². The molecule has 2 N–H and O–H groups in total. The molecule has 176 valence electrons. The predicted molar refractivity (Wildman–Crippen MR) is 127 cm³/mol. The van der Waals surface area contributed by atoms with Crippen molar-refractivity contribution in [3.05, 3.63) is 57.6 Å². The van der Waals surface area contributed by atoms with Gasteiger partial charge in [-0.05, 0) is 55.7 Å². The van der Waals surface area contributed by atoms with Gasteiger partial charge in [0.15, 0.2) is 18.1 Å². The largest absolute Gasteiger partial charge is 0.493 e. The van der Waals surface area contributed by atoms with E-state index < -0.39 is 18.5 Å². The van der Waals surface area contributed by atoms with Crippen LogP contribution in [0.4, 0.5) is 5.69 Å². The Morgan fingerprint density at radius 1 is 0.970 bits per heavy atom. The fourth-order valence-electron chi connectivity index (χ4n) is 3.17. The van der Waals surface area contributed by atoms with Gasteiger partial charge in [-0.2, -0.15) is 0 Å². The van der Waals surface area contributed by atoms with E-state index >= 15 is 0 Å². The van der Waals surface area contributed by atoms with Crippen LogP contribution < -0.4 is 20.1 Å². The third-order valence-electron chi connectivity index (χ3n) is 4.60. The number of hydrogen-bond donors (Lipinski definition) is 2. The molecule has 0 heterocycles. The number of hydrogen-bond acceptors (Lipinski definition) is 6. The molecular weight excluding hydrogens is 448 g/mol. The highest BCUT2D eigenvalue weighted by molar-refractivity contribution is 6.32. The number of benzene rings is 2. The monoisotopic (exact) mass is 474 g/mol. The third-order valence-corrected chi connectivity index (χ3v) is 4.88. The van der Waals surface area contributed by atoms with Crippen molar-refractivity contribution in [2.45, 2.75) is 20.8 Å². The number of ether oxygens (including phenoxy) is 3. The first-order valence-corrected chi connectivity index (χ1v) is 10.4. The number of carbonyl (C=O) groups is 3. The minimum atomic E-state index is -0.730. The number of amides is 2. The van der Waals surface area contributed by atoms with E-state index in [1.807, 2.05) is 32.9 Å². The third kappa shape index (κ3) is 7.54. The minimum absolute atomic E-state index is 0.247. The summed E-state index contributed by atoms with van der Waals surface area (Å²) in [5.74, 6) is -0.918. The van der Waals surface area contributed by atoms with E-state index in [-0.39, 0.29) is 12.5 Å². The molecule has 0 aliphatic rings. The SMILES string of the molecule is COc1cc(/C=C/C(=O)OCC(=O)NCC(=O)Nc2c(C)cc(C)cc2C)cc(Cl)c1OC. The summed E-state index contributed by atoms with van der Waals surface area (Å²) < 4.78 is 15.3. The predicted octanol–water partition coefficient (Wildman–Crippen LogP) is 3.59. The normalized spacial score (nSPS) is 10.6. The zero-order valence-electron chi connectivity index (χ0n) is 19.2. The first-order chi connectivity index (χ1) is 15.6. The Balaban J connectivity index is 1.82. The molecule has 0 aliphatic heterocycles. The molecule has 33 heavy (non-hydrogen) atoms. The maximum absolute atomic E-state index is 12.2. The molecule has 2 amide bonds. The lowest BCUT2D eigenvalue weighted by Gasteiger charge is -2.13. The number of methoxy groups -OCH3 is 2. The molecule has 0 fully saturated rings. The van der Waals surface area contributed by atoms with Crippen LogP contribution in [0.3, 0.4) is 0 Å². The summed E-state index contributed by atoms with van der Waals surface area (Å²) in [5.41, 5.74) is 4.26. The van der Waals surface area contributed by atoms with Crippen LogP contribution in [0.25, 0.3) is 6.08 Å². The number of aryl methyl sites for hydroxylation is 3. The lowest BCUT2D eigenvalue weighted by molar-refractivity contribution is -0.143. The number of carbonyl (C=O) groups excluding carboxylic acids is 3. The Morgan fingerprint density at radius 2 is 1.64 bits per heavy atom. The molecule has 0 bridgehead atoms. The Labute approximate surface area is 197 Å². The van der Waals surface area contributed by atoms with Gasteiger partial charge in [0.2, 0.25) is 5.91 Å². The fourth-order valence-corrected chi connectivity index (χ4v) is 3.47. The fraction of sp³-hybridized carbons (Fsp3) is 0.292. The maximum atomic E-state index is 12.2. The van der Waals surface area contributed by atoms with Gasteiger partial charge in [0.25, 0.3) is 5.91 Å². The molecule has 2 aromatic carbocycles. The summed E-state index contributed by atoms with van der Waals surface area (Å²) in [6.07, 6.45) is 2.62. The number of halogens is 1. The van der Waals surface area contributed by atoms with Gasteiger partial charge in [-0.1, -0.05) is 29.3 Å². The molecule has 9 heteroatoms. The van der Waals surface area contributed by atoms with E-state index in [2.05, 4.69) is 10.6 Å². The van der Waals surface area contributed by atoms with Crippen molar-refractivity contribution >= 4 is 41.1 Å². The molecular formula is C24H27ClN2O6. The zero-order valence-corrected chi connectivity index (χ0v) is 20.0. The minimum Gasteiger partial charge on any atom is -0.493 e. The summed E-state index contributed by atoms with van der Waals surface area (Å²) in [6, 6.07) is 7.15. The van der Waals surface area contributed by atoms with Crippen LogP contribution in [0, 0.1) is 20.8 Å². The number of esters is 1. The van der Waals surface area contributed by atoms with Crippen molar-refractivity contribution in [2.75, 3.05) is 32.7 Å². The average molecular weight is 475 g/mol. The number of nitrogens with one attached hydrogen (secondary N) is 2. The van der Waals surface area contributed by atoms with Crippen LogP contribution >= 0.6 is 11.6 Å². The highest BCUT2D eigenvalue weighted by atomic mass is 35.5. The van der Waals surface area contributed by atoms with Crippen molar-refractivity contribution < 1.29 is 28.6 Å². The lowest BCUT2D eigenvalue weighted by atomic mass is 10.1. The Morgan fingerprint density at radius 3 is 2.24 bits per heavy atom. The Kier molecular flexibility index (Phi) is 9.30. The van der Waals surface area contributed by atoms with Crippen LogP contribution in [0.15, 0.2) is 30.3 Å². The second-order valence-corrected chi connectivity index (χ2v) is 7.69. The molecule has 0 atom stereocenters. The van der Waals surface area contributed by atoms with Gasteiger partial charge < -0.3 is 24.8 Å². The van der Waals surface area contributed by atoms with Crippen LogP contribution in [0.2, 0.25) is 5.02 Å². The standard InChI is InChI=1S/C24H27ClN2O6/c1-14-8-15(2)23(16(3)9-14)27-20(28)12-26-21(29)13-33-22(30)7-6-17-10-18(25)24(32-5)19(11-17)31-4/h6-11H,12-13H2,1-5H3,(H,26,29)(H,27,28)/b7-6+. The van der Waals surface area contributed by atoms with Crippen LogP contribution in [0.1, 0.15) is 22.3 Å². The Hall–Kier alpha value is -3.52. The molecule has 0 saturated carbocycles. The average Bonchev–Trinajstić information content (AvgIpc) is 2.76. The van der Waals surface area contributed by atoms with E-state index in [1.54, 1.807) is 12.1 Å².